The number of hydrogen-bond donors (Lipinski definition) is 2. The van der Waals surface area contributed by atoms with Crippen molar-refractivity contribution < 1.29 is 22.4 Å². The van der Waals surface area contributed by atoms with Crippen LogP contribution in [0.5, 0.6) is 0 Å². The quantitative estimate of drug-likeness (QED) is 0.592. The number of benzene rings is 1. The highest BCUT2D eigenvalue weighted by atomic mass is 32.2. The Labute approximate surface area is 142 Å². The summed E-state index contributed by atoms with van der Waals surface area (Å²) in [5.74, 6) is -1.15. The Morgan fingerprint density at radius 2 is 2.12 bits per heavy atom. The van der Waals surface area contributed by atoms with Gasteiger partial charge in [0.1, 0.15) is 12.4 Å². The van der Waals surface area contributed by atoms with Crippen LogP contribution in [-0.4, -0.2) is 34.1 Å². The molecule has 2 aromatic rings. The molecule has 0 aliphatic carbocycles. The van der Waals surface area contributed by atoms with Crippen LogP contribution in [-0.2, 0) is 4.79 Å². The van der Waals surface area contributed by atoms with E-state index in [9.17, 15) is 22.4 Å². The molecule has 1 aromatic heterocycles. The summed E-state index contributed by atoms with van der Waals surface area (Å²) in [5, 5.41) is 12.0. The first-order valence-electron chi connectivity index (χ1n) is 6.60. The number of rotatable bonds is 6. The van der Waals surface area contributed by atoms with Crippen molar-refractivity contribution in [2.24, 2.45) is 0 Å². The summed E-state index contributed by atoms with van der Waals surface area (Å²) in [6, 6.07) is 5.75. The van der Waals surface area contributed by atoms with Gasteiger partial charge >= 0.3 is 6.18 Å². The second kappa shape index (κ2) is 7.79. The highest BCUT2D eigenvalue weighted by molar-refractivity contribution is 8.02. The number of amides is 1. The van der Waals surface area contributed by atoms with E-state index in [1.807, 2.05) is 5.32 Å². The minimum Gasteiger partial charge on any atom is -0.346 e. The Morgan fingerprint density at radius 1 is 1.38 bits per heavy atom. The number of nitrogens with zero attached hydrogens (tertiary/aromatic N) is 2. The number of nitrogens with one attached hydrogen (secondary N) is 2. The predicted octanol–water partition coefficient (Wildman–Crippen LogP) is 3.58. The molecule has 0 aliphatic rings. The van der Waals surface area contributed by atoms with Gasteiger partial charge in [-0.25, -0.2) is 4.39 Å². The van der Waals surface area contributed by atoms with Crippen LogP contribution in [0.2, 0.25) is 0 Å². The van der Waals surface area contributed by atoms with E-state index in [1.54, 1.807) is 6.07 Å². The third kappa shape index (κ3) is 5.96. The summed E-state index contributed by atoms with van der Waals surface area (Å²) in [7, 11) is 0. The summed E-state index contributed by atoms with van der Waals surface area (Å²) in [4.78, 5) is 11.6. The monoisotopic (exact) mass is 380 g/mol. The van der Waals surface area contributed by atoms with Crippen LogP contribution >= 0.6 is 23.1 Å². The van der Waals surface area contributed by atoms with Gasteiger partial charge in [-0.15, -0.1) is 10.2 Å². The van der Waals surface area contributed by atoms with E-state index in [1.165, 1.54) is 25.1 Å². The molecule has 0 bridgehead atoms. The van der Waals surface area contributed by atoms with Gasteiger partial charge in [0.25, 0.3) is 0 Å². The van der Waals surface area contributed by atoms with Gasteiger partial charge < -0.3 is 10.6 Å². The number of halogens is 4. The van der Waals surface area contributed by atoms with Gasteiger partial charge in [-0.1, -0.05) is 29.2 Å². The smallest absolute Gasteiger partial charge is 0.346 e. The molecule has 1 unspecified atom stereocenters. The molecule has 0 aliphatic heterocycles. The zero-order chi connectivity index (χ0) is 17.7. The van der Waals surface area contributed by atoms with Crippen molar-refractivity contribution in [2.75, 3.05) is 11.9 Å². The second-order valence-electron chi connectivity index (χ2n) is 4.60. The SMILES string of the molecule is CC(Sc1nnc(Nc2cccc(F)c2)s1)C(=O)NCC(F)(F)F. The van der Waals surface area contributed by atoms with Crippen LogP contribution in [0.3, 0.4) is 0 Å². The van der Waals surface area contributed by atoms with Crippen molar-refractivity contribution in [2.45, 2.75) is 22.7 Å². The Hall–Kier alpha value is -1.88. The molecule has 1 aromatic carbocycles. The fourth-order valence-corrected chi connectivity index (χ4v) is 3.47. The third-order valence-electron chi connectivity index (χ3n) is 2.59. The Morgan fingerprint density at radius 3 is 2.79 bits per heavy atom. The molecule has 0 radical (unpaired) electrons. The lowest BCUT2D eigenvalue weighted by Gasteiger charge is -2.11. The lowest BCUT2D eigenvalue weighted by atomic mass is 10.3. The molecule has 2 N–H and O–H groups in total. The van der Waals surface area contributed by atoms with E-state index in [2.05, 4.69) is 15.5 Å². The van der Waals surface area contributed by atoms with E-state index < -0.39 is 29.7 Å². The minimum atomic E-state index is -4.45. The van der Waals surface area contributed by atoms with Gasteiger partial charge in [-0.05, 0) is 25.1 Å². The number of carbonyl (C=O) groups excluding carboxylic acids is 1. The molecule has 2 rings (SSSR count). The lowest BCUT2D eigenvalue weighted by molar-refractivity contribution is -0.137. The van der Waals surface area contributed by atoms with E-state index in [-0.39, 0.29) is 0 Å². The number of anilines is 2. The first-order valence-corrected chi connectivity index (χ1v) is 8.30. The summed E-state index contributed by atoms with van der Waals surface area (Å²) < 4.78 is 49.7. The van der Waals surface area contributed by atoms with Crippen LogP contribution in [0.4, 0.5) is 28.4 Å². The molecular formula is C13H12F4N4OS2. The molecule has 1 heterocycles. The molecule has 24 heavy (non-hydrogen) atoms. The van der Waals surface area contributed by atoms with Crippen LogP contribution in [0.25, 0.3) is 0 Å². The van der Waals surface area contributed by atoms with Gasteiger partial charge in [-0.3, -0.25) is 4.79 Å². The maximum Gasteiger partial charge on any atom is 0.405 e. The Balaban J connectivity index is 1.90. The average molecular weight is 380 g/mol. The molecule has 11 heteroatoms. The molecule has 130 valence electrons. The Kier molecular flexibility index (Phi) is 5.99. The number of thioether (sulfide) groups is 1. The van der Waals surface area contributed by atoms with E-state index in [4.69, 9.17) is 0 Å². The topological polar surface area (TPSA) is 66.9 Å². The maximum atomic E-state index is 13.1. The molecule has 1 amide bonds. The van der Waals surface area contributed by atoms with Crippen LogP contribution < -0.4 is 10.6 Å². The molecule has 0 fully saturated rings. The van der Waals surface area contributed by atoms with Crippen molar-refractivity contribution in [1.29, 1.82) is 0 Å². The highest BCUT2D eigenvalue weighted by Gasteiger charge is 2.29. The fraction of sp³-hybridized carbons (Fsp3) is 0.308. The van der Waals surface area contributed by atoms with E-state index in [0.29, 0.717) is 15.2 Å². The largest absolute Gasteiger partial charge is 0.405 e. The average Bonchev–Trinajstić information content (AvgIpc) is 2.91. The minimum absolute atomic E-state index is 0.381. The van der Waals surface area contributed by atoms with E-state index in [0.717, 1.165) is 23.1 Å². The second-order valence-corrected chi connectivity index (χ2v) is 7.17. The normalized spacial score (nSPS) is 12.7. The highest BCUT2D eigenvalue weighted by Crippen LogP contribution is 2.30. The predicted molar refractivity (Wildman–Crippen MR) is 84.0 cm³/mol. The molecule has 0 saturated carbocycles. The fourth-order valence-electron chi connectivity index (χ4n) is 1.53. The summed E-state index contributed by atoms with van der Waals surface area (Å²) in [6.07, 6.45) is -4.45. The molecule has 0 spiro atoms. The summed E-state index contributed by atoms with van der Waals surface area (Å²) >= 11 is 2.10. The third-order valence-corrected chi connectivity index (χ3v) is 4.62. The lowest BCUT2D eigenvalue weighted by Crippen LogP contribution is -2.37. The van der Waals surface area contributed by atoms with Gasteiger partial charge in [0.2, 0.25) is 11.0 Å². The number of carbonyl (C=O) groups is 1. The first kappa shape index (κ1) is 18.5. The van der Waals surface area contributed by atoms with Crippen molar-refractivity contribution in [1.82, 2.24) is 15.5 Å². The van der Waals surface area contributed by atoms with Crippen LogP contribution in [0.1, 0.15) is 6.92 Å². The van der Waals surface area contributed by atoms with Crippen LogP contribution in [0.15, 0.2) is 28.6 Å². The van der Waals surface area contributed by atoms with Crippen molar-refractivity contribution >= 4 is 39.8 Å². The van der Waals surface area contributed by atoms with E-state index >= 15 is 0 Å². The molecule has 1 atom stereocenters. The number of aromatic nitrogens is 2. The van der Waals surface area contributed by atoms with Gasteiger partial charge in [0.15, 0.2) is 4.34 Å². The van der Waals surface area contributed by atoms with Crippen molar-refractivity contribution in [3.05, 3.63) is 30.1 Å². The van der Waals surface area contributed by atoms with Crippen molar-refractivity contribution in [3.8, 4) is 0 Å². The molecule has 0 saturated heterocycles. The summed E-state index contributed by atoms with van der Waals surface area (Å²) in [5.41, 5.74) is 0.485. The van der Waals surface area contributed by atoms with Crippen molar-refractivity contribution in [3.63, 3.8) is 0 Å². The molecule has 5 nitrogen and oxygen atoms in total. The number of hydrogen-bond acceptors (Lipinski definition) is 6. The van der Waals surface area contributed by atoms with Gasteiger partial charge in [0.05, 0.1) is 5.25 Å². The van der Waals surface area contributed by atoms with Gasteiger partial charge in [0, 0.05) is 5.69 Å². The number of alkyl halides is 3. The Bertz CT molecular complexity index is 707. The zero-order valence-corrected chi connectivity index (χ0v) is 13.9. The summed E-state index contributed by atoms with van der Waals surface area (Å²) in [6.45, 7) is 0.0939. The standard InChI is InChI=1S/C13H12F4N4OS2/c1-7(10(22)18-6-13(15,16)17)23-12-21-20-11(24-12)19-9-4-2-3-8(14)5-9/h2-5,7H,6H2,1H3,(H,18,22)(H,19,20). The van der Waals surface area contributed by atoms with Crippen LogP contribution in [0, 0.1) is 5.82 Å². The maximum absolute atomic E-state index is 13.1. The molecular weight excluding hydrogens is 368 g/mol. The van der Waals surface area contributed by atoms with Gasteiger partial charge in [-0.2, -0.15) is 13.2 Å². The zero-order valence-electron chi connectivity index (χ0n) is 12.2. The first-order chi connectivity index (χ1) is 11.2.